The van der Waals surface area contributed by atoms with Crippen LogP contribution in [-0.2, 0) is 19.9 Å². The molecule has 1 unspecified atom stereocenters. The highest BCUT2D eigenvalue weighted by atomic mass is 16.6. The summed E-state index contributed by atoms with van der Waals surface area (Å²) in [4.78, 5) is 23.0. The van der Waals surface area contributed by atoms with Gasteiger partial charge in [-0.3, -0.25) is 9.59 Å². The minimum absolute atomic E-state index is 0.393. The Morgan fingerprint density at radius 3 is 2.06 bits per heavy atom. The molecule has 0 amide bonds. The largest absolute Gasteiger partial charge is 0.446 e. The lowest BCUT2D eigenvalue weighted by atomic mass is 9.94. The zero-order chi connectivity index (χ0) is 13.1. The topological polar surface area (TPSA) is 43.4 Å². The van der Waals surface area contributed by atoms with Gasteiger partial charge in [0.2, 0.25) is 0 Å². The molecule has 0 saturated carbocycles. The summed E-state index contributed by atoms with van der Waals surface area (Å²) in [5, 5.41) is 0. The maximum Gasteiger partial charge on any atom is 0.312 e. The molecule has 1 aromatic rings. The predicted molar refractivity (Wildman–Crippen MR) is 65.4 cm³/mol. The van der Waals surface area contributed by atoms with Gasteiger partial charge in [0, 0.05) is 5.56 Å². The number of ether oxygens (including phenoxy) is 1. The van der Waals surface area contributed by atoms with E-state index in [1.807, 2.05) is 18.2 Å². The first-order valence-electron chi connectivity index (χ1n) is 5.55. The van der Waals surface area contributed by atoms with Gasteiger partial charge < -0.3 is 4.74 Å². The second-order valence-corrected chi connectivity index (χ2v) is 5.23. The van der Waals surface area contributed by atoms with E-state index in [1.165, 1.54) is 0 Å². The van der Waals surface area contributed by atoms with Crippen LogP contribution in [0.1, 0.15) is 33.3 Å². The highest BCUT2D eigenvalue weighted by molar-refractivity contribution is 5.79. The number of benzene rings is 1. The van der Waals surface area contributed by atoms with Crippen LogP contribution in [0, 0.1) is 5.41 Å². The highest BCUT2D eigenvalue weighted by Crippen LogP contribution is 2.27. The first-order valence-corrected chi connectivity index (χ1v) is 5.55. The van der Waals surface area contributed by atoms with Crippen LogP contribution >= 0.6 is 0 Å². The lowest BCUT2D eigenvalue weighted by Gasteiger charge is -2.28. The first-order chi connectivity index (χ1) is 7.79. The molecule has 0 heterocycles. The Hall–Kier alpha value is -1.64. The summed E-state index contributed by atoms with van der Waals surface area (Å²) < 4.78 is 5.33. The van der Waals surface area contributed by atoms with Crippen LogP contribution in [-0.4, -0.2) is 12.3 Å². The van der Waals surface area contributed by atoms with E-state index in [9.17, 15) is 9.59 Å². The maximum atomic E-state index is 11.8. The fourth-order valence-corrected chi connectivity index (χ4v) is 1.27. The van der Waals surface area contributed by atoms with Crippen LogP contribution in [0.2, 0.25) is 0 Å². The van der Waals surface area contributed by atoms with Crippen LogP contribution in [0.4, 0.5) is 0 Å². The van der Waals surface area contributed by atoms with Crippen molar-refractivity contribution in [3.63, 3.8) is 0 Å². The van der Waals surface area contributed by atoms with Crippen molar-refractivity contribution in [1.29, 1.82) is 0 Å². The van der Waals surface area contributed by atoms with E-state index in [-0.39, 0.29) is 0 Å². The predicted octanol–water partition coefficient (Wildman–Crippen LogP) is 2.69. The van der Waals surface area contributed by atoms with Crippen molar-refractivity contribution in [3.8, 4) is 0 Å². The molecule has 3 heteroatoms. The number of esters is 1. The average molecular weight is 234 g/mol. The molecule has 17 heavy (non-hydrogen) atoms. The standard InChI is InChI=1S/C14H18O3/c1-13(2,3)12(16)17-14(4,10-15)11-8-6-5-7-9-11/h5-10H,1-4H3. The van der Waals surface area contributed by atoms with Gasteiger partial charge in [0.1, 0.15) is 0 Å². The third-order valence-corrected chi connectivity index (χ3v) is 2.49. The molecule has 0 bridgehead atoms. The third-order valence-electron chi connectivity index (χ3n) is 2.49. The van der Waals surface area contributed by atoms with Crippen LogP contribution in [0.5, 0.6) is 0 Å². The van der Waals surface area contributed by atoms with Gasteiger partial charge in [0.15, 0.2) is 11.9 Å². The summed E-state index contributed by atoms with van der Waals surface area (Å²) in [6.07, 6.45) is 0.659. The minimum atomic E-state index is -1.22. The van der Waals surface area contributed by atoms with Crippen molar-refractivity contribution >= 4 is 12.3 Å². The maximum absolute atomic E-state index is 11.8. The third kappa shape index (κ3) is 3.16. The molecule has 0 fully saturated rings. The van der Waals surface area contributed by atoms with E-state index in [0.29, 0.717) is 11.8 Å². The fourth-order valence-electron chi connectivity index (χ4n) is 1.27. The summed E-state index contributed by atoms with van der Waals surface area (Å²) >= 11 is 0. The molecule has 0 radical (unpaired) electrons. The zero-order valence-corrected chi connectivity index (χ0v) is 10.7. The number of carbonyl (C=O) groups is 2. The Balaban J connectivity index is 2.99. The van der Waals surface area contributed by atoms with Gasteiger partial charge in [-0.25, -0.2) is 0 Å². The molecular formula is C14H18O3. The molecule has 0 N–H and O–H groups in total. The van der Waals surface area contributed by atoms with Gasteiger partial charge >= 0.3 is 5.97 Å². The quantitative estimate of drug-likeness (QED) is 0.596. The first kappa shape index (κ1) is 13.4. The van der Waals surface area contributed by atoms with Crippen LogP contribution in [0.25, 0.3) is 0 Å². The van der Waals surface area contributed by atoms with E-state index in [0.717, 1.165) is 0 Å². The second kappa shape index (κ2) is 4.70. The van der Waals surface area contributed by atoms with E-state index >= 15 is 0 Å². The molecule has 92 valence electrons. The van der Waals surface area contributed by atoms with Gasteiger partial charge in [-0.15, -0.1) is 0 Å². The molecule has 1 atom stereocenters. The Kier molecular flexibility index (Phi) is 3.71. The number of hydrogen-bond donors (Lipinski definition) is 0. The highest BCUT2D eigenvalue weighted by Gasteiger charge is 2.35. The Morgan fingerprint density at radius 2 is 1.65 bits per heavy atom. The number of carbonyl (C=O) groups excluding carboxylic acids is 2. The summed E-state index contributed by atoms with van der Waals surface area (Å²) in [5.74, 6) is -0.393. The lowest BCUT2D eigenvalue weighted by molar-refractivity contribution is -0.170. The average Bonchev–Trinajstić information content (AvgIpc) is 2.28. The zero-order valence-electron chi connectivity index (χ0n) is 10.7. The monoisotopic (exact) mass is 234 g/mol. The molecule has 0 aromatic heterocycles. The molecule has 1 rings (SSSR count). The molecule has 0 saturated heterocycles. The van der Waals surface area contributed by atoms with E-state index in [4.69, 9.17) is 4.74 Å². The Morgan fingerprint density at radius 1 is 1.12 bits per heavy atom. The molecule has 3 nitrogen and oxygen atoms in total. The normalized spacial score (nSPS) is 14.8. The van der Waals surface area contributed by atoms with Gasteiger partial charge in [-0.1, -0.05) is 30.3 Å². The minimum Gasteiger partial charge on any atom is -0.446 e. The summed E-state index contributed by atoms with van der Waals surface area (Å²) in [6, 6.07) is 9.00. The molecular weight excluding hydrogens is 216 g/mol. The molecule has 0 aliphatic carbocycles. The fraction of sp³-hybridized carbons (Fsp3) is 0.429. The molecule has 0 spiro atoms. The summed E-state index contributed by atoms with van der Waals surface area (Å²) in [6.45, 7) is 6.86. The number of rotatable bonds is 3. The Labute approximate surface area is 102 Å². The summed E-state index contributed by atoms with van der Waals surface area (Å²) in [7, 11) is 0. The molecule has 1 aromatic carbocycles. The van der Waals surface area contributed by atoms with E-state index in [1.54, 1.807) is 39.8 Å². The van der Waals surface area contributed by atoms with Crippen molar-refractivity contribution in [2.75, 3.05) is 0 Å². The van der Waals surface area contributed by atoms with E-state index < -0.39 is 17.0 Å². The SMILES string of the molecule is CC(C)(C)C(=O)OC(C)(C=O)c1ccccc1. The number of hydrogen-bond acceptors (Lipinski definition) is 3. The van der Waals surface area contributed by atoms with Crippen LogP contribution in [0.3, 0.4) is 0 Å². The Bertz CT molecular complexity index is 403. The van der Waals surface area contributed by atoms with Crippen LogP contribution in [0.15, 0.2) is 30.3 Å². The van der Waals surface area contributed by atoms with Crippen molar-refractivity contribution < 1.29 is 14.3 Å². The second-order valence-electron chi connectivity index (χ2n) is 5.23. The van der Waals surface area contributed by atoms with E-state index in [2.05, 4.69) is 0 Å². The summed E-state index contributed by atoms with van der Waals surface area (Å²) in [5.41, 5.74) is -1.17. The van der Waals surface area contributed by atoms with Crippen LogP contribution < -0.4 is 0 Å². The van der Waals surface area contributed by atoms with Crippen molar-refractivity contribution in [1.82, 2.24) is 0 Å². The number of aldehydes is 1. The van der Waals surface area contributed by atoms with Crippen molar-refractivity contribution in [3.05, 3.63) is 35.9 Å². The van der Waals surface area contributed by atoms with Gasteiger partial charge in [-0.2, -0.15) is 0 Å². The molecule has 0 aliphatic rings. The van der Waals surface area contributed by atoms with Crippen molar-refractivity contribution in [2.24, 2.45) is 5.41 Å². The smallest absolute Gasteiger partial charge is 0.312 e. The van der Waals surface area contributed by atoms with Gasteiger partial charge in [-0.05, 0) is 27.7 Å². The van der Waals surface area contributed by atoms with Crippen molar-refractivity contribution in [2.45, 2.75) is 33.3 Å². The van der Waals surface area contributed by atoms with Gasteiger partial charge in [0.05, 0.1) is 5.41 Å². The lowest BCUT2D eigenvalue weighted by Crippen LogP contribution is -2.35. The van der Waals surface area contributed by atoms with Gasteiger partial charge in [0.25, 0.3) is 0 Å². The molecule has 0 aliphatic heterocycles.